The Balaban J connectivity index is 2.11. The van der Waals surface area contributed by atoms with Gasteiger partial charge in [-0.1, -0.05) is 30.0 Å². The van der Waals surface area contributed by atoms with Crippen LogP contribution in [0.25, 0.3) is 21.3 Å². The summed E-state index contributed by atoms with van der Waals surface area (Å²) in [5, 5.41) is 1.34. The average Bonchev–Trinajstić information content (AvgIpc) is 2.87. The number of rotatable bonds is 5. The molecule has 0 fully saturated rings. The van der Waals surface area contributed by atoms with Crippen LogP contribution in [0.3, 0.4) is 0 Å². The average molecular weight is 361 g/mol. The van der Waals surface area contributed by atoms with Crippen molar-refractivity contribution in [3.63, 3.8) is 0 Å². The Kier molecular flexibility index (Phi) is 5.08. The van der Waals surface area contributed by atoms with Gasteiger partial charge >= 0.3 is 0 Å². The number of aromatic nitrogens is 2. The number of aryl methyl sites for hydroxylation is 3. The number of nitrogens with one attached hydrogen (secondary N) is 1. The largest absolute Gasteiger partial charge is 0.384 e. The molecule has 3 rings (SSSR count). The minimum atomic E-state index is -0.0718. The van der Waals surface area contributed by atoms with E-state index in [1.54, 1.807) is 18.4 Å². The minimum absolute atomic E-state index is 0.0718. The van der Waals surface area contributed by atoms with Gasteiger partial charge < -0.3 is 9.72 Å². The molecule has 2 heterocycles. The molecule has 0 saturated carbocycles. The quantitative estimate of drug-likeness (QED) is 0.418. The molecule has 0 spiro atoms. The molecule has 4 nitrogen and oxygen atoms in total. The maximum Gasteiger partial charge on any atom is 0.260 e. The number of fused-ring (bicyclic) bond motifs is 1. The molecular formula is C18H20N2O2S2. The summed E-state index contributed by atoms with van der Waals surface area (Å²) in [6.45, 7) is 6.86. The predicted molar refractivity (Wildman–Crippen MR) is 102 cm³/mol. The predicted octanol–water partition coefficient (Wildman–Crippen LogP) is 4.32. The van der Waals surface area contributed by atoms with Crippen LogP contribution in [0, 0.1) is 20.8 Å². The maximum absolute atomic E-state index is 12.7. The molecule has 3 aromatic rings. The molecule has 24 heavy (non-hydrogen) atoms. The lowest BCUT2D eigenvalue weighted by atomic mass is 9.99. The van der Waals surface area contributed by atoms with E-state index >= 15 is 0 Å². The fraction of sp³-hybridized carbons (Fsp3) is 0.333. The van der Waals surface area contributed by atoms with Crippen molar-refractivity contribution in [2.45, 2.75) is 25.9 Å². The first kappa shape index (κ1) is 17.2. The Hall–Kier alpha value is -1.63. The fourth-order valence-electron chi connectivity index (χ4n) is 2.63. The van der Waals surface area contributed by atoms with Crippen molar-refractivity contribution in [2.75, 3.05) is 19.5 Å². The summed E-state index contributed by atoms with van der Waals surface area (Å²) in [7, 11) is 1.67. The molecule has 0 atom stereocenters. The highest BCUT2D eigenvalue weighted by Crippen LogP contribution is 2.36. The molecule has 0 aliphatic heterocycles. The molecule has 1 N–H and O–H groups in total. The topological polar surface area (TPSA) is 55.0 Å². The lowest BCUT2D eigenvalue weighted by molar-refractivity contribution is 0.218. The number of thiophene rings is 1. The van der Waals surface area contributed by atoms with E-state index in [9.17, 15) is 4.79 Å². The number of hydrogen-bond donors (Lipinski definition) is 1. The third kappa shape index (κ3) is 3.27. The second-order valence-corrected chi connectivity index (χ2v) is 8.01. The van der Waals surface area contributed by atoms with Gasteiger partial charge in [0.05, 0.1) is 12.0 Å². The van der Waals surface area contributed by atoms with Crippen LogP contribution in [0.2, 0.25) is 0 Å². The van der Waals surface area contributed by atoms with E-state index in [1.807, 2.05) is 6.92 Å². The lowest BCUT2D eigenvalue weighted by Gasteiger charge is -2.06. The van der Waals surface area contributed by atoms with Gasteiger partial charge in [-0.25, -0.2) is 4.98 Å². The first-order chi connectivity index (χ1) is 11.5. The van der Waals surface area contributed by atoms with Gasteiger partial charge in [-0.15, -0.1) is 11.3 Å². The highest BCUT2D eigenvalue weighted by molar-refractivity contribution is 7.99. The second kappa shape index (κ2) is 7.09. The van der Waals surface area contributed by atoms with Crippen molar-refractivity contribution in [3.8, 4) is 11.1 Å². The number of ether oxygens (including phenoxy) is 1. The molecule has 0 bridgehead atoms. The number of nitrogens with zero attached hydrogens (tertiary/aromatic N) is 1. The van der Waals surface area contributed by atoms with E-state index in [0.29, 0.717) is 17.1 Å². The highest BCUT2D eigenvalue weighted by atomic mass is 32.2. The van der Waals surface area contributed by atoms with E-state index in [-0.39, 0.29) is 5.56 Å². The fourth-order valence-corrected chi connectivity index (χ4v) is 4.50. The van der Waals surface area contributed by atoms with Gasteiger partial charge in [0.25, 0.3) is 5.56 Å². The van der Waals surface area contributed by atoms with Gasteiger partial charge in [0, 0.05) is 23.3 Å². The molecule has 0 amide bonds. The van der Waals surface area contributed by atoms with Crippen molar-refractivity contribution in [3.05, 3.63) is 44.6 Å². The number of H-pyrrole nitrogens is 1. The van der Waals surface area contributed by atoms with Gasteiger partial charge in [-0.3, -0.25) is 4.79 Å². The number of hydrogen-bond acceptors (Lipinski definition) is 5. The summed E-state index contributed by atoms with van der Waals surface area (Å²) in [5.74, 6) is 0.763. The molecular weight excluding hydrogens is 340 g/mol. The van der Waals surface area contributed by atoms with E-state index < -0.39 is 0 Å². The molecule has 126 valence electrons. The summed E-state index contributed by atoms with van der Waals surface area (Å²) in [6, 6.07) is 6.33. The minimum Gasteiger partial charge on any atom is -0.384 e. The zero-order valence-corrected chi connectivity index (χ0v) is 15.9. The molecule has 6 heteroatoms. The van der Waals surface area contributed by atoms with Crippen LogP contribution in [0.15, 0.2) is 28.2 Å². The van der Waals surface area contributed by atoms with Gasteiger partial charge in [0.1, 0.15) is 4.83 Å². The molecule has 0 unspecified atom stereocenters. The number of aromatic amines is 1. The Bertz CT molecular complexity index is 944. The normalized spacial score (nSPS) is 11.3. The van der Waals surface area contributed by atoms with Gasteiger partial charge in [-0.05, 0) is 37.5 Å². The Labute approximate surface area is 149 Å². The van der Waals surface area contributed by atoms with Crippen molar-refractivity contribution in [1.29, 1.82) is 0 Å². The second-order valence-electron chi connectivity index (χ2n) is 5.72. The SMILES string of the molecule is COCCSc1nc2sc(C)c(-c3ccc(C)c(C)c3)c2c(=O)[nH]1. The van der Waals surface area contributed by atoms with E-state index in [0.717, 1.165) is 26.6 Å². The van der Waals surface area contributed by atoms with E-state index in [4.69, 9.17) is 4.74 Å². The molecule has 0 saturated heterocycles. The smallest absolute Gasteiger partial charge is 0.260 e. The van der Waals surface area contributed by atoms with Crippen LogP contribution < -0.4 is 5.56 Å². The van der Waals surface area contributed by atoms with E-state index in [2.05, 4.69) is 42.0 Å². The first-order valence-corrected chi connectivity index (χ1v) is 9.54. The summed E-state index contributed by atoms with van der Waals surface area (Å²) in [4.78, 5) is 22.1. The van der Waals surface area contributed by atoms with Gasteiger partial charge in [0.2, 0.25) is 0 Å². The Morgan fingerprint density at radius 1 is 1.25 bits per heavy atom. The van der Waals surface area contributed by atoms with Crippen LogP contribution in [-0.4, -0.2) is 29.4 Å². The van der Waals surface area contributed by atoms with Crippen LogP contribution in [0.4, 0.5) is 0 Å². The third-order valence-corrected chi connectivity index (χ3v) is 5.87. The summed E-state index contributed by atoms with van der Waals surface area (Å²) in [5.41, 5.74) is 4.48. The maximum atomic E-state index is 12.7. The summed E-state index contributed by atoms with van der Waals surface area (Å²) < 4.78 is 5.05. The molecule has 2 aromatic heterocycles. The van der Waals surface area contributed by atoms with Crippen molar-refractivity contribution in [1.82, 2.24) is 9.97 Å². The zero-order chi connectivity index (χ0) is 17.3. The van der Waals surface area contributed by atoms with Gasteiger partial charge in [-0.2, -0.15) is 0 Å². The zero-order valence-electron chi connectivity index (χ0n) is 14.2. The number of methoxy groups -OCH3 is 1. The molecule has 0 radical (unpaired) electrons. The molecule has 0 aliphatic rings. The number of thioether (sulfide) groups is 1. The standard InChI is InChI=1S/C18H20N2O2S2/c1-10-5-6-13(9-11(10)2)14-12(3)24-17-15(14)16(21)19-18(20-17)23-8-7-22-4/h5-6,9H,7-8H2,1-4H3,(H,19,20,21). The molecule has 0 aliphatic carbocycles. The van der Waals surface area contributed by atoms with Crippen molar-refractivity contribution >= 4 is 33.3 Å². The first-order valence-electron chi connectivity index (χ1n) is 7.74. The lowest BCUT2D eigenvalue weighted by Crippen LogP contribution is -2.09. The van der Waals surface area contributed by atoms with Crippen LogP contribution in [-0.2, 0) is 4.74 Å². The molecule has 1 aromatic carbocycles. The van der Waals surface area contributed by atoms with Crippen LogP contribution in [0.5, 0.6) is 0 Å². The van der Waals surface area contributed by atoms with Crippen molar-refractivity contribution < 1.29 is 4.74 Å². The summed E-state index contributed by atoms with van der Waals surface area (Å²) in [6.07, 6.45) is 0. The monoisotopic (exact) mass is 360 g/mol. The van der Waals surface area contributed by atoms with Crippen LogP contribution in [0.1, 0.15) is 16.0 Å². The van der Waals surface area contributed by atoms with E-state index in [1.165, 1.54) is 22.9 Å². The Morgan fingerprint density at radius 3 is 2.75 bits per heavy atom. The van der Waals surface area contributed by atoms with Crippen LogP contribution >= 0.6 is 23.1 Å². The summed E-state index contributed by atoms with van der Waals surface area (Å²) >= 11 is 3.08. The number of benzene rings is 1. The van der Waals surface area contributed by atoms with Gasteiger partial charge in [0.15, 0.2) is 5.16 Å². The highest BCUT2D eigenvalue weighted by Gasteiger charge is 2.17. The Morgan fingerprint density at radius 2 is 2.04 bits per heavy atom. The van der Waals surface area contributed by atoms with Crippen molar-refractivity contribution in [2.24, 2.45) is 0 Å². The third-order valence-electron chi connectivity index (χ3n) is 4.04.